The lowest BCUT2D eigenvalue weighted by molar-refractivity contribution is 0.337. The molecule has 8 heavy (non-hydrogen) atoms. The molecule has 48 valence electrons. The fraction of sp³-hybridized carbons (Fsp3) is 1.00. The lowest BCUT2D eigenvalue weighted by Crippen LogP contribution is -2.58. The molecule has 0 aliphatic carbocycles. The molecule has 0 aromatic carbocycles. The van der Waals surface area contributed by atoms with Crippen LogP contribution in [0.4, 0.5) is 0 Å². The van der Waals surface area contributed by atoms with Gasteiger partial charge in [-0.25, -0.2) is 0 Å². The number of hydrogen-bond donors (Lipinski definition) is 2. The van der Waals surface area contributed by atoms with Gasteiger partial charge < -0.3 is 11.1 Å². The van der Waals surface area contributed by atoms with Crippen LogP contribution >= 0.6 is 11.8 Å². The topological polar surface area (TPSA) is 38.0 Å². The molecule has 3 N–H and O–H groups in total. The second kappa shape index (κ2) is 2.25. The maximum atomic E-state index is 5.50. The molecule has 0 aromatic heterocycles. The van der Waals surface area contributed by atoms with Crippen LogP contribution in [0.2, 0.25) is 0 Å². The van der Waals surface area contributed by atoms with Gasteiger partial charge in [0.25, 0.3) is 0 Å². The predicted octanol–water partition coefficient (Wildman–Crippen LogP) is -0.00230. The third-order valence-electron chi connectivity index (χ3n) is 1.70. The van der Waals surface area contributed by atoms with Crippen molar-refractivity contribution in [3.8, 4) is 0 Å². The van der Waals surface area contributed by atoms with E-state index in [0.717, 1.165) is 13.1 Å². The molecule has 0 radical (unpaired) electrons. The van der Waals surface area contributed by atoms with E-state index in [2.05, 4.69) is 11.6 Å². The first-order chi connectivity index (χ1) is 3.83. The Kier molecular flexibility index (Phi) is 1.80. The van der Waals surface area contributed by atoms with Gasteiger partial charge in [-0.1, -0.05) is 0 Å². The van der Waals surface area contributed by atoms with Crippen LogP contribution in [0.1, 0.15) is 6.42 Å². The normalized spacial score (nSPS) is 36.8. The zero-order valence-electron chi connectivity index (χ0n) is 5.11. The smallest absolute Gasteiger partial charge is 0.0778 e. The number of hydrogen-bond acceptors (Lipinski definition) is 3. The molecule has 1 unspecified atom stereocenters. The van der Waals surface area contributed by atoms with E-state index < -0.39 is 0 Å². The first-order valence-corrected chi connectivity index (χ1v) is 4.06. The Morgan fingerprint density at radius 1 is 1.88 bits per heavy atom. The van der Waals surface area contributed by atoms with Gasteiger partial charge in [0.1, 0.15) is 0 Å². The average molecular weight is 132 g/mol. The largest absolute Gasteiger partial charge is 0.328 e. The lowest BCUT2D eigenvalue weighted by atomic mass is 10.1. The molecule has 0 bridgehead atoms. The highest BCUT2D eigenvalue weighted by Gasteiger charge is 2.33. The molecule has 1 saturated heterocycles. The van der Waals surface area contributed by atoms with Crippen molar-refractivity contribution in [2.75, 3.05) is 19.3 Å². The highest BCUT2D eigenvalue weighted by molar-refractivity contribution is 8.00. The van der Waals surface area contributed by atoms with Gasteiger partial charge >= 0.3 is 0 Å². The molecule has 1 heterocycles. The van der Waals surface area contributed by atoms with E-state index in [9.17, 15) is 0 Å². The third-order valence-corrected chi connectivity index (χ3v) is 2.99. The van der Waals surface area contributed by atoms with E-state index in [1.807, 2.05) is 11.8 Å². The third kappa shape index (κ3) is 0.855. The van der Waals surface area contributed by atoms with Crippen molar-refractivity contribution in [3.05, 3.63) is 0 Å². The Hall–Kier alpha value is 0.270. The summed E-state index contributed by atoms with van der Waals surface area (Å²) >= 11 is 1.82. The van der Waals surface area contributed by atoms with Crippen molar-refractivity contribution in [1.82, 2.24) is 5.32 Å². The van der Waals surface area contributed by atoms with Crippen LogP contribution in [0.25, 0.3) is 0 Å². The summed E-state index contributed by atoms with van der Waals surface area (Å²) < 4.78 is 0. The van der Waals surface area contributed by atoms with Crippen molar-refractivity contribution in [2.24, 2.45) is 5.73 Å². The van der Waals surface area contributed by atoms with Crippen molar-refractivity contribution in [1.29, 1.82) is 0 Å². The molecule has 1 fully saturated rings. The SMILES string of the molecule is CSC1(CN)CCN1. The summed E-state index contributed by atoms with van der Waals surface area (Å²) in [6, 6.07) is 0. The van der Waals surface area contributed by atoms with Crippen LogP contribution in [0, 0.1) is 0 Å². The van der Waals surface area contributed by atoms with E-state index in [-0.39, 0.29) is 4.87 Å². The van der Waals surface area contributed by atoms with E-state index in [1.54, 1.807) is 0 Å². The highest BCUT2D eigenvalue weighted by Crippen LogP contribution is 2.27. The molecule has 2 nitrogen and oxygen atoms in total. The minimum atomic E-state index is 0.250. The van der Waals surface area contributed by atoms with Gasteiger partial charge in [-0.3, -0.25) is 0 Å². The minimum Gasteiger partial charge on any atom is -0.328 e. The average Bonchev–Trinajstić information content (AvgIpc) is 1.67. The van der Waals surface area contributed by atoms with Crippen molar-refractivity contribution in [3.63, 3.8) is 0 Å². The Morgan fingerprint density at radius 3 is 2.50 bits per heavy atom. The second-order valence-corrected chi connectivity index (χ2v) is 3.27. The number of nitrogens with one attached hydrogen (secondary N) is 1. The van der Waals surface area contributed by atoms with Crippen LogP contribution in [0.15, 0.2) is 0 Å². The second-order valence-electron chi connectivity index (χ2n) is 2.08. The van der Waals surface area contributed by atoms with E-state index in [4.69, 9.17) is 5.73 Å². The number of nitrogens with two attached hydrogens (primary N) is 1. The van der Waals surface area contributed by atoms with Gasteiger partial charge in [0.15, 0.2) is 0 Å². The Bertz CT molecular complexity index is 67.0. The Morgan fingerprint density at radius 2 is 2.50 bits per heavy atom. The van der Waals surface area contributed by atoms with Crippen LogP contribution in [0.3, 0.4) is 0 Å². The van der Waals surface area contributed by atoms with E-state index in [1.165, 1.54) is 6.42 Å². The molecule has 0 amide bonds. The zero-order chi connectivity index (χ0) is 6.04. The highest BCUT2D eigenvalue weighted by atomic mass is 32.2. The molecular weight excluding hydrogens is 120 g/mol. The standard InChI is InChI=1S/C5H12N2S/c1-8-5(4-6)2-3-7-5/h7H,2-4,6H2,1H3. The summed E-state index contributed by atoms with van der Waals surface area (Å²) in [5.74, 6) is 0. The van der Waals surface area contributed by atoms with Gasteiger partial charge in [-0.15, -0.1) is 11.8 Å². The van der Waals surface area contributed by atoms with Gasteiger partial charge in [-0.05, 0) is 19.2 Å². The van der Waals surface area contributed by atoms with E-state index >= 15 is 0 Å². The quantitative estimate of drug-likeness (QED) is 0.555. The van der Waals surface area contributed by atoms with Crippen molar-refractivity contribution >= 4 is 11.8 Å². The first-order valence-electron chi connectivity index (χ1n) is 2.83. The maximum Gasteiger partial charge on any atom is 0.0778 e. The van der Waals surface area contributed by atoms with Gasteiger partial charge in [0, 0.05) is 6.54 Å². The molecule has 0 saturated carbocycles. The predicted molar refractivity (Wildman–Crippen MR) is 37.9 cm³/mol. The summed E-state index contributed by atoms with van der Waals surface area (Å²) in [4.78, 5) is 0.250. The maximum absolute atomic E-state index is 5.50. The molecule has 3 heteroatoms. The van der Waals surface area contributed by atoms with Gasteiger partial charge in [-0.2, -0.15) is 0 Å². The molecule has 1 rings (SSSR count). The van der Waals surface area contributed by atoms with Crippen LogP contribution in [-0.2, 0) is 0 Å². The van der Waals surface area contributed by atoms with Gasteiger partial charge in [0.2, 0.25) is 0 Å². The lowest BCUT2D eigenvalue weighted by Gasteiger charge is -2.40. The van der Waals surface area contributed by atoms with Crippen molar-refractivity contribution in [2.45, 2.75) is 11.3 Å². The minimum absolute atomic E-state index is 0.250. The number of thioether (sulfide) groups is 1. The monoisotopic (exact) mass is 132 g/mol. The molecule has 0 aromatic rings. The van der Waals surface area contributed by atoms with Crippen LogP contribution in [-0.4, -0.2) is 24.2 Å². The summed E-state index contributed by atoms with van der Waals surface area (Å²) in [6.07, 6.45) is 3.32. The Balaban J connectivity index is 2.33. The van der Waals surface area contributed by atoms with E-state index in [0.29, 0.717) is 0 Å². The summed E-state index contributed by atoms with van der Waals surface area (Å²) in [7, 11) is 0. The zero-order valence-corrected chi connectivity index (χ0v) is 5.92. The first kappa shape index (κ1) is 6.39. The summed E-state index contributed by atoms with van der Waals surface area (Å²) in [5, 5.41) is 3.30. The van der Waals surface area contributed by atoms with Crippen molar-refractivity contribution < 1.29 is 0 Å². The molecule has 1 atom stereocenters. The fourth-order valence-electron chi connectivity index (χ4n) is 0.836. The molecule has 1 aliphatic heterocycles. The number of rotatable bonds is 2. The molecule has 0 spiro atoms. The van der Waals surface area contributed by atoms with Gasteiger partial charge in [0.05, 0.1) is 4.87 Å². The Labute approximate surface area is 54.2 Å². The van der Waals surface area contributed by atoms with Crippen LogP contribution < -0.4 is 11.1 Å². The summed E-state index contributed by atoms with van der Waals surface area (Å²) in [5.41, 5.74) is 5.50. The fourth-order valence-corrected chi connectivity index (χ4v) is 1.55. The molecular formula is C5H12N2S. The summed E-state index contributed by atoms with van der Waals surface area (Å²) in [6.45, 7) is 1.90. The molecule has 1 aliphatic rings. The van der Waals surface area contributed by atoms with Crippen LogP contribution in [0.5, 0.6) is 0 Å².